The molecule has 1 saturated heterocycles. The summed E-state index contributed by atoms with van der Waals surface area (Å²) in [7, 11) is 0. The van der Waals surface area contributed by atoms with Crippen LogP contribution in [0.25, 0.3) is 0 Å². The number of carbonyl (C=O) groups is 3. The van der Waals surface area contributed by atoms with E-state index in [9.17, 15) is 34.8 Å². The number of carbonyl (C=O) groups excluding carboxylic acids is 3. The van der Waals surface area contributed by atoms with Gasteiger partial charge in [-0.15, -0.1) is 0 Å². The van der Waals surface area contributed by atoms with Crippen LogP contribution in [0.4, 0.5) is 11.4 Å². The number of benzene rings is 1. The lowest BCUT2D eigenvalue weighted by Gasteiger charge is -2.40. The van der Waals surface area contributed by atoms with E-state index in [1.54, 1.807) is 20.8 Å². The maximum Gasteiger partial charge on any atom is 0.252 e. The van der Waals surface area contributed by atoms with Gasteiger partial charge in [-0.25, -0.2) is 0 Å². The van der Waals surface area contributed by atoms with Crippen LogP contribution in [0.2, 0.25) is 0 Å². The van der Waals surface area contributed by atoms with Gasteiger partial charge in [-0.1, -0.05) is 0 Å². The van der Waals surface area contributed by atoms with E-state index in [2.05, 4.69) is 16.0 Å². The van der Waals surface area contributed by atoms with Crippen LogP contribution in [0, 0.1) is 20.8 Å². The molecule has 3 amide bonds. The second kappa shape index (κ2) is 9.71. The van der Waals surface area contributed by atoms with E-state index >= 15 is 0 Å². The molecule has 0 radical (unpaired) electrons. The van der Waals surface area contributed by atoms with Gasteiger partial charge in [0, 0.05) is 30.8 Å². The lowest BCUT2D eigenvalue weighted by Crippen LogP contribution is -2.64. The highest BCUT2D eigenvalue weighted by molar-refractivity contribution is 6.05. The molecule has 7 N–H and O–H groups in total. The van der Waals surface area contributed by atoms with Gasteiger partial charge in [0.15, 0.2) is 6.29 Å². The minimum atomic E-state index is -1.69. The van der Waals surface area contributed by atoms with Crippen molar-refractivity contribution >= 4 is 29.1 Å². The summed E-state index contributed by atoms with van der Waals surface area (Å²) >= 11 is 0. The van der Waals surface area contributed by atoms with Gasteiger partial charge in [0.25, 0.3) is 5.91 Å². The largest absolute Gasteiger partial charge is 0.394 e. The zero-order valence-corrected chi connectivity index (χ0v) is 18.0. The Morgan fingerprint density at radius 1 is 0.871 bits per heavy atom. The summed E-state index contributed by atoms with van der Waals surface area (Å²) < 4.78 is 5.07. The first-order valence-corrected chi connectivity index (χ1v) is 9.70. The molecule has 5 atom stereocenters. The van der Waals surface area contributed by atoms with Crippen LogP contribution in [-0.4, -0.2) is 75.4 Å². The van der Waals surface area contributed by atoms with Gasteiger partial charge in [0.2, 0.25) is 11.8 Å². The third-order valence-electron chi connectivity index (χ3n) is 5.28. The molecule has 2 rings (SSSR count). The van der Waals surface area contributed by atoms with Crippen molar-refractivity contribution in [3.63, 3.8) is 0 Å². The van der Waals surface area contributed by atoms with Crippen LogP contribution in [-0.2, 0) is 14.3 Å². The van der Waals surface area contributed by atoms with Gasteiger partial charge < -0.3 is 41.1 Å². The summed E-state index contributed by atoms with van der Waals surface area (Å²) in [6.07, 6.45) is -6.04. The summed E-state index contributed by atoms with van der Waals surface area (Å²) in [6, 6.07) is -1.39. The summed E-state index contributed by atoms with van der Waals surface area (Å²) in [5, 5.41) is 47.4. The van der Waals surface area contributed by atoms with Gasteiger partial charge >= 0.3 is 0 Å². The number of rotatable bonds is 5. The van der Waals surface area contributed by atoms with E-state index in [1.165, 1.54) is 13.8 Å². The number of hydrogen-bond donors (Lipinski definition) is 7. The molecule has 11 heteroatoms. The standard InChI is InChI=1S/C20H29N3O8/c1-7-13(8(2)15(22-11(5)26)9(3)14(7)21-10(4)25)19(29)23-16-18(28)17(27)12(6-24)31-20(16)30/h12,16-18,20,24,27-28,30H,6H2,1-5H3,(H,21,25)(H,22,26)(H,23,29). The highest BCUT2D eigenvalue weighted by Crippen LogP contribution is 2.35. The Bertz CT molecular complexity index is 845. The molecule has 11 nitrogen and oxygen atoms in total. The Kier molecular flexibility index (Phi) is 7.73. The second-order valence-corrected chi connectivity index (χ2v) is 7.59. The molecule has 0 aromatic heterocycles. The van der Waals surface area contributed by atoms with Crippen LogP contribution in [0.1, 0.15) is 40.9 Å². The van der Waals surface area contributed by atoms with Gasteiger partial charge in [0.05, 0.1) is 6.61 Å². The summed E-state index contributed by atoms with van der Waals surface area (Å²) in [4.78, 5) is 36.5. The van der Waals surface area contributed by atoms with Crippen molar-refractivity contribution in [2.45, 2.75) is 65.3 Å². The summed E-state index contributed by atoms with van der Waals surface area (Å²) in [6.45, 7) is 6.89. The van der Waals surface area contributed by atoms with Crippen LogP contribution in [0.15, 0.2) is 0 Å². The van der Waals surface area contributed by atoms with Crippen molar-refractivity contribution < 1.29 is 39.5 Å². The van der Waals surface area contributed by atoms with E-state index in [4.69, 9.17) is 4.74 Å². The maximum absolute atomic E-state index is 13.1. The molecule has 31 heavy (non-hydrogen) atoms. The van der Waals surface area contributed by atoms with Gasteiger partial charge in [0.1, 0.15) is 24.4 Å². The van der Waals surface area contributed by atoms with Crippen LogP contribution in [0.5, 0.6) is 0 Å². The minimum Gasteiger partial charge on any atom is -0.394 e. The van der Waals surface area contributed by atoms with Crippen LogP contribution in [0.3, 0.4) is 0 Å². The lowest BCUT2D eigenvalue weighted by atomic mass is 9.92. The first kappa shape index (κ1) is 24.7. The Morgan fingerprint density at radius 2 is 1.35 bits per heavy atom. The van der Waals surface area contributed by atoms with Crippen molar-refractivity contribution in [2.24, 2.45) is 0 Å². The number of ether oxygens (including phenoxy) is 1. The number of nitrogens with one attached hydrogen (secondary N) is 3. The predicted molar refractivity (Wildman–Crippen MR) is 110 cm³/mol. The summed E-state index contributed by atoms with van der Waals surface area (Å²) in [5.41, 5.74) is 2.16. The fourth-order valence-corrected chi connectivity index (χ4v) is 3.76. The molecule has 0 aliphatic carbocycles. The molecular weight excluding hydrogens is 410 g/mol. The first-order chi connectivity index (χ1) is 14.4. The monoisotopic (exact) mass is 439 g/mol. The molecule has 0 bridgehead atoms. The molecule has 1 aromatic rings. The molecule has 1 aliphatic heterocycles. The highest BCUT2D eigenvalue weighted by Gasteiger charge is 2.44. The third kappa shape index (κ3) is 5.02. The van der Waals surface area contributed by atoms with Gasteiger partial charge in [-0.2, -0.15) is 0 Å². The van der Waals surface area contributed by atoms with Crippen molar-refractivity contribution in [3.8, 4) is 0 Å². The van der Waals surface area contributed by atoms with Crippen molar-refractivity contribution in [1.82, 2.24) is 5.32 Å². The zero-order chi connectivity index (χ0) is 23.6. The SMILES string of the molecule is CC(=O)Nc1c(C)c(NC(C)=O)c(C)c(C(=O)NC2C(O)OC(CO)C(O)C2O)c1C. The molecule has 5 unspecified atom stereocenters. The highest BCUT2D eigenvalue weighted by atomic mass is 16.6. The molecule has 0 saturated carbocycles. The van der Waals surface area contributed by atoms with E-state index in [1.807, 2.05) is 0 Å². The van der Waals surface area contributed by atoms with Crippen molar-refractivity contribution in [2.75, 3.05) is 17.2 Å². The second-order valence-electron chi connectivity index (χ2n) is 7.59. The lowest BCUT2D eigenvalue weighted by molar-refractivity contribution is -0.252. The molecule has 1 heterocycles. The average Bonchev–Trinajstić information content (AvgIpc) is 2.68. The van der Waals surface area contributed by atoms with Crippen LogP contribution >= 0.6 is 0 Å². The Balaban J connectivity index is 2.50. The molecule has 172 valence electrons. The molecular formula is C20H29N3O8. The zero-order valence-electron chi connectivity index (χ0n) is 18.0. The number of amides is 3. The topological polar surface area (TPSA) is 177 Å². The average molecular weight is 439 g/mol. The van der Waals surface area contributed by atoms with Gasteiger partial charge in [-0.3, -0.25) is 14.4 Å². The normalized spacial score (nSPS) is 25.6. The maximum atomic E-state index is 13.1. The van der Waals surface area contributed by atoms with Crippen molar-refractivity contribution in [1.29, 1.82) is 0 Å². The molecule has 1 aliphatic rings. The van der Waals surface area contributed by atoms with E-state index in [0.29, 0.717) is 28.1 Å². The molecule has 1 fully saturated rings. The summed E-state index contributed by atoms with van der Waals surface area (Å²) in [5.74, 6) is -1.48. The molecule has 0 spiro atoms. The Morgan fingerprint density at radius 3 is 1.77 bits per heavy atom. The first-order valence-electron chi connectivity index (χ1n) is 9.70. The fourth-order valence-electron chi connectivity index (χ4n) is 3.76. The number of hydrogen-bond acceptors (Lipinski definition) is 8. The van der Waals surface area contributed by atoms with E-state index in [0.717, 1.165) is 0 Å². The molecule has 1 aromatic carbocycles. The number of aliphatic hydroxyl groups is 4. The predicted octanol–water partition coefficient (Wildman–Crippen LogP) is -0.942. The third-order valence-corrected chi connectivity index (χ3v) is 5.28. The Hall–Kier alpha value is -2.57. The van der Waals surface area contributed by atoms with E-state index in [-0.39, 0.29) is 17.4 Å². The van der Waals surface area contributed by atoms with E-state index < -0.39 is 43.2 Å². The van der Waals surface area contributed by atoms with Crippen molar-refractivity contribution in [3.05, 3.63) is 22.3 Å². The fraction of sp³-hybridized carbons (Fsp3) is 0.550. The Labute approximate surface area is 179 Å². The number of anilines is 2. The minimum absolute atomic E-state index is 0.108. The van der Waals surface area contributed by atoms with Gasteiger partial charge in [-0.05, 0) is 37.5 Å². The number of aliphatic hydroxyl groups excluding tert-OH is 4. The van der Waals surface area contributed by atoms with Crippen LogP contribution < -0.4 is 16.0 Å². The smallest absolute Gasteiger partial charge is 0.252 e. The quantitative estimate of drug-likeness (QED) is 0.307.